The minimum atomic E-state index is -0.604. The fourth-order valence-electron chi connectivity index (χ4n) is 4.21. The Labute approximate surface area is 228 Å². The van der Waals surface area contributed by atoms with Gasteiger partial charge < -0.3 is 10.2 Å². The minimum Gasteiger partial charge on any atom is -0.352 e. The van der Waals surface area contributed by atoms with E-state index >= 15 is 0 Å². The van der Waals surface area contributed by atoms with Gasteiger partial charge in [0.05, 0.1) is 5.75 Å². The fraction of sp³-hybridized carbons (Fsp3) is 0.333. The zero-order chi connectivity index (χ0) is 26.1. The third-order valence-electron chi connectivity index (χ3n) is 5.74. The first-order valence-electron chi connectivity index (χ1n) is 12.2. The van der Waals surface area contributed by atoms with Crippen molar-refractivity contribution in [3.63, 3.8) is 0 Å². The number of carbonyl (C=O) groups excluding carboxylic acids is 2. The molecule has 2 amide bonds. The van der Waals surface area contributed by atoms with Gasteiger partial charge in [-0.3, -0.25) is 9.59 Å². The highest BCUT2D eigenvalue weighted by atomic mass is 79.9. The fourth-order valence-corrected chi connectivity index (χ4v) is 5.32. The van der Waals surface area contributed by atoms with Gasteiger partial charge in [-0.2, -0.15) is 0 Å². The normalized spacial score (nSPS) is 11.8. The molecule has 0 bridgehead atoms. The maximum atomic E-state index is 13.7. The van der Waals surface area contributed by atoms with E-state index < -0.39 is 6.04 Å². The van der Waals surface area contributed by atoms with Crippen molar-refractivity contribution < 1.29 is 9.59 Å². The molecule has 36 heavy (non-hydrogen) atoms. The number of halogens is 1. The van der Waals surface area contributed by atoms with Crippen LogP contribution >= 0.6 is 27.7 Å². The Morgan fingerprint density at radius 1 is 0.889 bits per heavy atom. The molecule has 0 aliphatic carbocycles. The van der Waals surface area contributed by atoms with Crippen molar-refractivity contribution in [2.45, 2.75) is 58.5 Å². The Hall–Kier alpha value is -2.57. The number of rotatable bonds is 11. The number of nitrogens with zero attached hydrogens (tertiary/aromatic N) is 1. The summed E-state index contributed by atoms with van der Waals surface area (Å²) in [6.07, 6.45) is 0.462. The molecule has 0 saturated carbocycles. The Morgan fingerprint density at radius 2 is 1.53 bits per heavy atom. The molecule has 0 fully saturated rings. The molecule has 3 aromatic rings. The van der Waals surface area contributed by atoms with Gasteiger partial charge in [0, 0.05) is 29.2 Å². The highest BCUT2D eigenvalue weighted by Gasteiger charge is 2.30. The van der Waals surface area contributed by atoms with Crippen molar-refractivity contribution in [1.29, 1.82) is 0 Å². The second kappa shape index (κ2) is 13.7. The number of hydrogen-bond acceptors (Lipinski definition) is 3. The standard InChI is InChI=1S/C30H35BrN2O2S/c1-21(2)32-30(35)28(17-24-8-6-5-7-9-24)33(18-25-10-12-27(31)13-11-25)29(34)20-36-19-26-15-22(3)14-23(4)16-26/h5-16,21,28H,17-20H2,1-4H3,(H,32,35). The van der Waals surface area contributed by atoms with Crippen molar-refractivity contribution >= 4 is 39.5 Å². The van der Waals surface area contributed by atoms with Crippen LogP contribution in [0.1, 0.15) is 41.7 Å². The van der Waals surface area contributed by atoms with E-state index in [2.05, 4.69) is 53.3 Å². The van der Waals surface area contributed by atoms with Gasteiger partial charge in [0.1, 0.15) is 6.04 Å². The number of carbonyl (C=O) groups is 2. The Morgan fingerprint density at radius 3 is 2.14 bits per heavy atom. The monoisotopic (exact) mass is 566 g/mol. The van der Waals surface area contributed by atoms with Crippen LogP contribution in [-0.4, -0.2) is 34.6 Å². The van der Waals surface area contributed by atoms with Crippen molar-refractivity contribution in [2.24, 2.45) is 0 Å². The van der Waals surface area contributed by atoms with Gasteiger partial charge >= 0.3 is 0 Å². The van der Waals surface area contributed by atoms with Crippen LogP contribution in [0, 0.1) is 13.8 Å². The van der Waals surface area contributed by atoms with Crippen LogP contribution in [-0.2, 0) is 28.3 Å². The van der Waals surface area contributed by atoms with Gasteiger partial charge in [-0.25, -0.2) is 0 Å². The van der Waals surface area contributed by atoms with E-state index in [-0.39, 0.29) is 17.9 Å². The van der Waals surface area contributed by atoms with E-state index in [1.54, 1.807) is 16.7 Å². The summed E-state index contributed by atoms with van der Waals surface area (Å²) >= 11 is 5.07. The third-order valence-corrected chi connectivity index (χ3v) is 7.26. The van der Waals surface area contributed by atoms with E-state index in [1.807, 2.05) is 68.4 Å². The summed E-state index contributed by atoms with van der Waals surface area (Å²) in [5, 5.41) is 3.04. The molecular weight excluding hydrogens is 532 g/mol. The summed E-state index contributed by atoms with van der Waals surface area (Å²) in [5.41, 5.74) is 5.67. The maximum absolute atomic E-state index is 13.7. The van der Waals surface area contributed by atoms with Gasteiger partial charge in [0.2, 0.25) is 11.8 Å². The SMILES string of the molecule is Cc1cc(C)cc(CSCC(=O)N(Cc2ccc(Br)cc2)C(Cc2ccccc2)C(=O)NC(C)C)c1. The van der Waals surface area contributed by atoms with E-state index in [0.29, 0.717) is 18.7 Å². The first kappa shape index (κ1) is 28.0. The van der Waals surface area contributed by atoms with Gasteiger partial charge in [0.25, 0.3) is 0 Å². The molecule has 190 valence electrons. The molecule has 3 aromatic carbocycles. The molecule has 0 spiro atoms. The van der Waals surface area contributed by atoms with Crippen LogP contribution in [0.25, 0.3) is 0 Å². The summed E-state index contributed by atoms with van der Waals surface area (Å²) in [6, 6.07) is 23.7. The van der Waals surface area contributed by atoms with E-state index in [9.17, 15) is 9.59 Å². The number of amides is 2. The molecule has 0 aliphatic rings. The van der Waals surface area contributed by atoms with Crippen LogP contribution < -0.4 is 5.32 Å². The van der Waals surface area contributed by atoms with E-state index in [4.69, 9.17) is 0 Å². The van der Waals surface area contributed by atoms with Gasteiger partial charge in [-0.15, -0.1) is 11.8 Å². The van der Waals surface area contributed by atoms with Crippen molar-refractivity contribution in [3.05, 3.63) is 105 Å². The maximum Gasteiger partial charge on any atom is 0.243 e. The van der Waals surface area contributed by atoms with Crippen LogP contribution in [0.3, 0.4) is 0 Å². The predicted molar refractivity (Wildman–Crippen MR) is 154 cm³/mol. The number of hydrogen-bond donors (Lipinski definition) is 1. The summed E-state index contributed by atoms with van der Waals surface area (Å²) in [5.74, 6) is 0.900. The lowest BCUT2D eigenvalue weighted by molar-refractivity contribution is -0.139. The third kappa shape index (κ3) is 8.82. The molecule has 0 radical (unpaired) electrons. The van der Waals surface area contributed by atoms with Crippen LogP contribution in [0.4, 0.5) is 0 Å². The Kier molecular flexibility index (Phi) is 10.6. The highest BCUT2D eigenvalue weighted by Crippen LogP contribution is 2.20. The zero-order valence-electron chi connectivity index (χ0n) is 21.5. The number of thioether (sulfide) groups is 1. The molecule has 1 atom stereocenters. The van der Waals surface area contributed by atoms with Gasteiger partial charge in [-0.05, 0) is 56.5 Å². The lowest BCUT2D eigenvalue weighted by Crippen LogP contribution is -2.52. The summed E-state index contributed by atoms with van der Waals surface area (Å²) in [4.78, 5) is 28.8. The molecule has 1 unspecified atom stereocenters. The average molecular weight is 568 g/mol. The predicted octanol–water partition coefficient (Wildman–Crippen LogP) is 6.46. The van der Waals surface area contributed by atoms with Gasteiger partial charge in [-0.1, -0.05) is 87.7 Å². The van der Waals surface area contributed by atoms with E-state index in [0.717, 1.165) is 21.4 Å². The Balaban J connectivity index is 1.84. The molecule has 6 heteroatoms. The summed E-state index contributed by atoms with van der Waals surface area (Å²) in [7, 11) is 0. The summed E-state index contributed by atoms with van der Waals surface area (Å²) < 4.78 is 0.978. The molecule has 1 N–H and O–H groups in total. The highest BCUT2D eigenvalue weighted by molar-refractivity contribution is 9.10. The van der Waals surface area contributed by atoms with Crippen LogP contribution in [0.5, 0.6) is 0 Å². The molecule has 0 aromatic heterocycles. The second-order valence-corrected chi connectivity index (χ2v) is 11.4. The number of aryl methyl sites for hydroxylation is 2. The molecule has 0 aliphatic heterocycles. The molecule has 4 nitrogen and oxygen atoms in total. The minimum absolute atomic E-state index is 0.0145. The van der Waals surface area contributed by atoms with Crippen molar-refractivity contribution in [3.8, 4) is 0 Å². The number of nitrogens with one attached hydrogen (secondary N) is 1. The smallest absolute Gasteiger partial charge is 0.243 e. The van der Waals surface area contributed by atoms with Gasteiger partial charge in [0.15, 0.2) is 0 Å². The summed E-state index contributed by atoms with van der Waals surface area (Å²) in [6.45, 7) is 8.44. The quantitative estimate of drug-likeness (QED) is 0.289. The zero-order valence-corrected chi connectivity index (χ0v) is 23.9. The topological polar surface area (TPSA) is 49.4 Å². The number of benzene rings is 3. The average Bonchev–Trinajstić information content (AvgIpc) is 2.82. The first-order valence-corrected chi connectivity index (χ1v) is 14.2. The van der Waals surface area contributed by atoms with E-state index in [1.165, 1.54) is 16.7 Å². The second-order valence-electron chi connectivity index (χ2n) is 9.51. The largest absolute Gasteiger partial charge is 0.352 e. The van der Waals surface area contributed by atoms with Crippen molar-refractivity contribution in [1.82, 2.24) is 10.2 Å². The van der Waals surface area contributed by atoms with Crippen LogP contribution in [0.2, 0.25) is 0 Å². The van der Waals surface area contributed by atoms with Crippen molar-refractivity contribution in [2.75, 3.05) is 5.75 Å². The molecule has 3 rings (SSSR count). The molecular formula is C30H35BrN2O2S. The first-order chi connectivity index (χ1) is 17.2. The molecule has 0 saturated heterocycles. The molecule has 0 heterocycles. The van der Waals surface area contributed by atoms with Crippen LogP contribution in [0.15, 0.2) is 77.3 Å². The lowest BCUT2D eigenvalue weighted by Gasteiger charge is -2.32. The lowest BCUT2D eigenvalue weighted by atomic mass is 10.0. The Bertz CT molecular complexity index is 1130.